The lowest BCUT2D eigenvalue weighted by molar-refractivity contribution is 0.0978. The summed E-state index contributed by atoms with van der Waals surface area (Å²) in [4.78, 5) is 0. The van der Waals surface area contributed by atoms with E-state index in [-0.39, 0.29) is 0 Å². The van der Waals surface area contributed by atoms with Crippen molar-refractivity contribution in [3.63, 3.8) is 0 Å². The second-order valence-electron chi connectivity index (χ2n) is 3.57. The zero-order valence-corrected chi connectivity index (χ0v) is 12.1. The number of alkyl halides is 2. The van der Waals surface area contributed by atoms with Gasteiger partial charge in [-0.1, -0.05) is 6.92 Å². The quantitative estimate of drug-likeness (QED) is 0.870. The Kier molecular flexibility index (Phi) is 5.81. The SMILES string of the molecule is CCNC(c1ccc(OC)c(Br)c1OC)C(F)F. The number of hydrogen-bond donors (Lipinski definition) is 1. The molecule has 1 aromatic rings. The predicted molar refractivity (Wildman–Crippen MR) is 69.7 cm³/mol. The first-order valence-electron chi connectivity index (χ1n) is 5.48. The minimum atomic E-state index is -2.51. The first-order chi connectivity index (χ1) is 8.56. The Balaban J connectivity index is 3.25. The van der Waals surface area contributed by atoms with Gasteiger partial charge >= 0.3 is 0 Å². The molecule has 0 fully saturated rings. The van der Waals surface area contributed by atoms with E-state index in [0.29, 0.717) is 28.1 Å². The Hall–Kier alpha value is -0.880. The van der Waals surface area contributed by atoms with Crippen LogP contribution in [0.3, 0.4) is 0 Å². The molecule has 1 aromatic carbocycles. The van der Waals surface area contributed by atoms with Crippen LogP contribution in [0, 0.1) is 0 Å². The minimum Gasteiger partial charge on any atom is -0.495 e. The molecule has 1 unspecified atom stereocenters. The van der Waals surface area contributed by atoms with E-state index >= 15 is 0 Å². The molecule has 0 bridgehead atoms. The maximum atomic E-state index is 13.0. The third kappa shape index (κ3) is 3.11. The second kappa shape index (κ2) is 6.89. The van der Waals surface area contributed by atoms with Crippen LogP contribution in [0.25, 0.3) is 0 Å². The van der Waals surface area contributed by atoms with Crippen LogP contribution in [0.1, 0.15) is 18.5 Å². The molecular weight excluding hydrogens is 308 g/mol. The zero-order valence-electron chi connectivity index (χ0n) is 10.5. The highest BCUT2D eigenvalue weighted by molar-refractivity contribution is 9.10. The van der Waals surface area contributed by atoms with Gasteiger partial charge in [-0.15, -0.1) is 0 Å². The minimum absolute atomic E-state index is 0.362. The van der Waals surface area contributed by atoms with Gasteiger partial charge in [0.2, 0.25) is 0 Å². The molecule has 3 nitrogen and oxygen atoms in total. The molecule has 18 heavy (non-hydrogen) atoms. The number of rotatable bonds is 6. The molecular formula is C12H16BrF2NO2. The van der Waals surface area contributed by atoms with Crippen molar-refractivity contribution in [2.75, 3.05) is 20.8 Å². The second-order valence-corrected chi connectivity index (χ2v) is 4.37. The molecule has 0 aromatic heterocycles. The van der Waals surface area contributed by atoms with Gasteiger partial charge in [0.25, 0.3) is 6.43 Å². The fourth-order valence-corrected chi connectivity index (χ4v) is 2.40. The molecule has 1 N–H and O–H groups in total. The van der Waals surface area contributed by atoms with E-state index < -0.39 is 12.5 Å². The van der Waals surface area contributed by atoms with Crippen molar-refractivity contribution in [1.82, 2.24) is 5.32 Å². The number of nitrogens with one attached hydrogen (secondary N) is 1. The Morgan fingerprint density at radius 3 is 2.39 bits per heavy atom. The van der Waals surface area contributed by atoms with Crippen LogP contribution in [0.4, 0.5) is 8.78 Å². The molecule has 0 aliphatic carbocycles. The molecule has 0 amide bonds. The molecule has 6 heteroatoms. The van der Waals surface area contributed by atoms with E-state index in [4.69, 9.17) is 9.47 Å². The summed E-state index contributed by atoms with van der Waals surface area (Å²) in [6, 6.07) is 2.16. The van der Waals surface area contributed by atoms with Gasteiger partial charge in [-0.3, -0.25) is 0 Å². The predicted octanol–water partition coefficient (Wildman–Crippen LogP) is 3.38. The third-order valence-corrected chi connectivity index (χ3v) is 3.28. The summed E-state index contributed by atoms with van der Waals surface area (Å²) in [7, 11) is 2.95. The lowest BCUT2D eigenvalue weighted by atomic mass is 10.1. The van der Waals surface area contributed by atoms with E-state index in [1.165, 1.54) is 14.2 Å². The van der Waals surface area contributed by atoms with Crippen LogP contribution in [0.5, 0.6) is 11.5 Å². The summed E-state index contributed by atoms with van der Waals surface area (Å²) in [5.74, 6) is 0.903. The molecule has 0 saturated heterocycles. The van der Waals surface area contributed by atoms with Crippen molar-refractivity contribution >= 4 is 15.9 Å². The monoisotopic (exact) mass is 323 g/mol. The molecule has 0 saturated carbocycles. The standard InChI is InChI=1S/C12H16BrF2NO2/c1-4-16-10(12(14)15)7-5-6-8(17-2)9(13)11(7)18-3/h5-6,10,12,16H,4H2,1-3H3. The smallest absolute Gasteiger partial charge is 0.257 e. The van der Waals surface area contributed by atoms with E-state index in [1.807, 2.05) is 0 Å². The molecule has 102 valence electrons. The first kappa shape index (κ1) is 15.2. The van der Waals surface area contributed by atoms with Gasteiger partial charge in [0, 0.05) is 5.56 Å². The van der Waals surface area contributed by atoms with Crippen molar-refractivity contribution in [2.45, 2.75) is 19.4 Å². The van der Waals surface area contributed by atoms with Gasteiger partial charge in [-0.2, -0.15) is 0 Å². The van der Waals surface area contributed by atoms with Gasteiger partial charge in [0.1, 0.15) is 16.0 Å². The third-order valence-electron chi connectivity index (χ3n) is 2.53. The molecule has 1 atom stereocenters. The first-order valence-corrected chi connectivity index (χ1v) is 6.28. The molecule has 1 rings (SSSR count). The van der Waals surface area contributed by atoms with E-state index in [2.05, 4.69) is 21.2 Å². The van der Waals surface area contributed by atoms with Crippen molar-refractivity contribution in [1.29, 1.82) is 0 Å². The van der Waals surface area contributed by atoms with Gasteiger partial charge in [0.05, 0.1) is 20.3 Å². The number of ether oxygens (including phenoxy) is 2. The van der Waals surface area contributed by atoms with Gasteiger partial charge in [0.15, 0.2) is 0 Å². The number of methoxy groups -OCH3 is 2. The summed E-state index contributed by atoms with van der Waals surface area (Å²) in [6.07, 6.45) is -2.51. The summed E-state index contributed by atoms with van der Waals surface area (Å²) < 4.78 is 36.9. The normalized spacial score (nSPS) is 12.6. The van der Waals surface area contributed by atoms with Crippen LogP contribution in [-0.4, -0.2) is 27.2 Å². The van der Waals surface area contributed by atoms with E-state index in [1.54, 1.807) is 19.1 Å². The average Bonchev–Trinajstić information content (AvgIpc) is 2.35. The highest BCUT2D eigenvalue weighted by Crippen LogP contribution is 2.40. The van der Waals surface area contributed by atoms with Gasteiger partial charge in [-0.25, -0.2) is 8.78 Å². The topological polar surface area (TPSA) is 30.5 Å². The van der Waals surface area contributed by atoms with Crippen LogP contribution in [0.15, 0.2) is 16.6 Å². The maximum absolute atomic E-state index is 13.0. The fourth-order valence-electron chi connectivity index (χ4n) is 1.72. The van der Waals surface area contributed by atoms with E-state index in [0.717, 1.165) is 0 Å². The molecule has 0 aliphatic heterocycles. The Morgan fingerprint density at radius 2 is 1.94 bits per heavy atom. The largest absolute Gasteiger partial charge is 0.495 e. The summed E-state index contributed by atoms with van der Waals surface area (Å²) in [6.45, 7) is 2.22. The summed E-state index contributed by atoms with van der Waals surface area (Å²) >= 11 is 3.30. The zero-order chi connectivity index (χ0) is 13.7. The van der Waals surface area contributed by atoms with Gasteiger partial charge < -0.3 is 14.8 Å². The van der Waals surface area contributed by atoms with Crippen molar-refractivity contribution in [3.8, 4) is 11.5 Å². The van der Waals surface area contributed by atoms with Crippen molar-refractivity contribution in [2.24, 2.45) is 0 Å². The van der Waals surface area contributed by atoms with E-state index in [9.17, 15) is 8.78 Å². The molecule has 0 radical (unpaired) electrons. The molecule has 0 spiro atoms. The van der Waals surface area contributed by atoms with Crippen LogP contribution in [0.2, 0.25) is 0 Å². The number of benzene rings is 1. The number of hydrogen-bond acceptors (Lipinski definition) is 3. The van der Waals surface area contributed by atoms with Crippen LogP contribution < -0.4 is 14.8 Å². The number of halogens is 3. The Bertz CT molecular complexity index is 402. The van der Waals surface area contributed by atoms with Crippen LogP contribution >= 0.6 is 15.9 Å². The highest BCUT2D eigenvalue weighted by Gasteiger charge is 2.26. The fraction of sp³-hybridized carbons (Fsp3) is 0.500. The van der Waals surface area contributed by atoms with Gasteiger partial charge in [-0.05, 0) is 34.6 Å². The maximum Gasteiger partial charge on any atom is 0.257 e. The average molecular weight is 324 g/mol. The summed E-state index contributed by atoms with van der Waals surface area (Å²) in [5, 5.41) is 2.75. The Labute approximate surface area is 114 Å². The van der Waals surface area contributed by atoms with Crippen molar-refractivity contribution < 1.29 is 18.3 Å². The lowest BCUT2D eigenvalue weighted by Gasteiger charge is -2.21. The Morgan fingerprint density at radius 1 is 1.28 bits per heavy atom. The van der Waals surface area contributed by atoms with Crippen LogP contribution in [-0.2, 0) is 0 Å². The van der Waals surface area contributed by atoms with Crippen molar-refractivity contribution in [3.05, 3.63) is 22.2 Å². The highest BCUT2D eigenvalue weighted by atomic mass is 79.9. The molecule has 0 aliphatic rings. The lowest BCUT2D eigenvalue weighted by Crippen LogP contribution is -2.27. The molecule has 0 heterocycles. The summed E-state index contributed by atoms with van der Waals surface area (Å²) in [5.41, 5.74) is 0.405.